The van der Waals surface area contributed by atoms with Gasteiger partial charge in [0.25, 0.3) is 20.2 Å². The van der Waals surface area contributed by atoms with Crippen molar-refractivity contribution in [2.75, 3.05) is 5.73 Å². The van der Waals surface area contributed by atoms with Crippen molar-refractivity contribution in [1.29, 1.82) is 0 Å². The lowest BCUT2D eigenvalue weighted by Crippen LogP contribution is -2.49. The number of oxime groups is 1. The van der Waals surface area contributed by atoms with Crippen LogP contribution in [-0.2, 0) is 20.2 Å². The van der Waals surface area contributed by atoms with Crippen molar-refractivity contribution < 1.29 is 31.1 Å². The number of rotatable bonds is 3. The predicted molar refractivity (Wildman–Crippen MR) is 127 cm³/mol. The van der Waals surface area contributed by atoms with Gasteiger partial charge >= 0.3 is 0 Å². The average Bonchev–Trinajstić information content (AvgIpc) is 2.73. The van der Waals surface area contributed by atoms with E-state index < -0.39 is 38.1 Å². The van der Waals surface area contributed by atoms with Crippen LogP contribution >= 0.6 is 0 Å². The molecule has 0 bridgehead atoms. The standard InChI is InChI=1S/C21H20N2O7S2Si/c1-33(2)19-9-12(22)3-6-16(19)21(17-7-4-13(23-24)10-20(17)33)15-8-5-14(31(25,26)27)11-18(15)32(28,29)30/h3-11,24H,22H2,1-2H3,(H,25,26,27)(H,28,29,30). The van der Waals surface area contributed by atoms with Gasteiger partial charge in [-0.15, -0.1) is 0 Å². The molecule has 0 aromatic heterocycles. The Labute approximate surface area is 191 Å². The molecule has 9 nitrogen and oxygen atoms in total. The van der Waals surface area contributed by atoms with Gasteiger partial charge in [0, 0.05) is 11.3 Å². The van der Waals surface area contributed by atoms with Gasteiger partial charge in [0.15, 0.2) is 0 Å². The molecular weight excluding hydrogens is 484 g/mol. The summed E-state index contributed by atoms with van der Waals surface area (Å²) in [5, 5.41) is 14.3. The molecule has 4 rings (SSSR count). The normalized spacial score (nSPS) is 18.7. The Morgan fingerprint density at radius 2 is 1.58 bits per heavy atom. The third-order valence-corrected chi connectivity index (χ3v) is 11.1. The zero-order chi connectivity index (χ0) is 24.3. The number of nitrogen functional groups attached to an aromatic ring is 1. The van der Waals surface area contributed by atoms with Crippen molar-refractivity contribution in [2.45, 2.75) is 22.9 Å². The van der Waals surface area contributed by atoms with Crippen molar-refractivity contribution in [1.82, 2.24) is 0 Å². The summed E-state index contributed by atoms with van der Waals surface area (Å²) in [4.78, 5) is -1.34. The van der Waals surface area contributed by atoms with Crippen molar-refractivity contribution in [2.24, 2.45) is 5.16 Å². The first-order chi connectivity index (χ1) is 15.2. The number of nitrogens with zero attached hydrogens (tertiary/aromatic N) is 1. The minimum absolute atomic E-state index is 0.0513. The number of benzene rings is 2. The van der Waals surface area contributed by atoms with Crippen LogP contribution in [0.25, 0.3) is 5.57 Å². The third-order valence-electron chi connectivity index (χ3n) is 5.85. The van der Waals surface area contributed by atoms with Gasteiger partial charge in [-0.1, -0.05) is 36.5 Å². The second-order valence-electron chi connectivity index (χ2n) is 8.24. The second kappa shape index (κ2) is 7.50. The molecule has 0 saturated heterocycles. The number of hydrogen-bond donors (Lipinski definition) is 4. The second-order valence-corrected chi connectivity index (χ2v) is 15.4. The maximum absolute atomic E-state index is 12.3. The summed E-state index contributed by atoms with van der Waals surface area (Å²) in [7, 11) is -12.0. The Kier molecular flexibility index (Phi) is 5.26. The molecule has 0 fully saturated rings. The molecule has 0 radical (unpaired) electrons. The SMILES string of the molecule is C[Si]1(C)C2=CC(=NO)C=CC2=C(c2ccc(S(=O)(=O)O)cc2S(=O)(=O)O)c2ccc(N)cc21. The zero-order valence-electron chi connectivity index (χ0n) is 17.5. The van der Waals surface area contributed by atoms with Gasteiger partial charge in [-0.2, -0.15) is 16.8 Å². The highest BCUT2D eigenvalue weighted by Crippen LogP contribution is 2.43. The molecule has 0 spiro atoms. The summed E-state index contributed by atoms with van der Waals surface area (Å²) >= 11 is 0. The summed E-state index contributed by atoms with van der Waals surface area (Å²) in [5.74, 6) is 0. The van der Waals surface area contributed by atoms with E-state index in [1.165, 1.54) is 6.07 Å². The lowest BCUT2D eigenvalue weighted by atomic mass is 9.89. The third kappa shape index (κ3) is 3.85. The Morgan fingerprint density at radius 1 is 0.909 bits per heavy atom. The van der Waals surface area contributed by atoms with Crippen LogP contribution in [0.4, 0.5) is 5.69 Å². The van der Waals surface area contributed by atoms with E-state index in [0.717, 1.165) is 22.5 Å². The smallest absolute Gasteiger partial charge is 0.295 e. The zero-order valence-corrected chi connectivity index (χ0v) is 20.1. The summed E-state index contributed by atoms with van der Waals surface area (Å²) in [6.45, 7) is 4.15. The molecule has 1 heterocycles. The van der Waals surface area contributed by atoms with E-state index in [1.54, 1.807) is 30.4 Å². The molecule has 2 aromatic carbocycles. The largest absolute Gasteiger partial charge is 0.410 e. The van der Waals surface area contributed by atoms with Crippen LogP contribution in [0.5, 0.6) is 0 Å². The summed E-state index contributed by atoms with van der Waals surface area (Å²) in [6, 6.07) is 8.26. The first-order valence-electron chi connectivity index (χ1n) is 9.62. The minimum Gasteiger partial charge on any atom is -0.410 e. The Balaban J connectivity index is 2.18. The number of anilines is 1. The fraction of sp³-hybridized carbons (Fsp3) is 0.0952. The molecule has 33 heavy (non-hydrogen) atoms. The average molecular weight is 505 g/mol. The molecule has 5 N–H and O–H groups in total. The van der Waals surface area contributed by atoms with E-state index in [1.807, 2.05) is 6.07 Å². The van der Waals surface area contributed by atoms with Crippen LogP contribution in [0, 0.1) is 0 Å². The Hall–Kier alpha value is -3.03. The van der Waals surface area contributed by atoms with Gasteiger partial charge in [-0.05, 0) is 63.5 Å². The maximum Gasteiger partial charge on any atom is 0.295 e. The monoisotopic (exact) mass is 504 g/mol. The van der Waals surface area contributed by atoms with Crippen molar-refractivity contribution in [3.05, 3.63) is 76.5 Å². The first-order valence-corrected chi connectivity index (χ1v) is 15.5. The fourth-order valence-corrected chi connectivity index (χ4v) is 8.68. The van der Waals surface area contributed by atoms with Crippen molar-refractivity contribution in [3.63, 3.8) is 0 Å². The van der Waals surface area contributed by atoms with Gasteiger partial charge in [-0.25, -0.2) is 0 Å². The highest BCUT2D eigenvalue weighted by molar-refractivity contribution is 7.86. The predicted octanol–water partition coefficient (Wildman–Crippen LogP) is 2.36. The van der Waals surface area contributed by atoms with Gasteiger partial charge in [-0.3, -0.25) is 9.11 Å². The van der Waals surface area contributed by atoms with E-state index in [2.05, 4.69) is 18.2 Å². The Morgan fingerprint density at radius 3 is 2.18 bits per heavy atom. The topological polar surface area (TPSA) is 167 Å². The number of nitrogens with two attached hydrogens (primary N) is 1. The van der Waals surface area contributed by atoms with E-state index in [9.17, 15) is 31.1 Å². The quantitative estimate of drug-likeness (QED) is 0.162. The molecule has 2 aliphatic rings. The summed E-state index contributed by atoms with van der Waals surface area (Å²) in [6.07, 6.45) is 4.97. The molecule has 0 saturated carbocycles. The fourth-order valence-electron chi connectivity index (χ4n) is 4.29. The highest BCUT2D eigenvalue weighted by Gasteiger charge is 2.40. The first kappa shape index (κ1) is 23.1. The van der Waals surface area contributed by atoms with Crippen molar-refractivity contribution in [3.8, 4) is 0 Å². The van der Waals surface area contributed by atoms with Gasteiger partial charge in [0.1, 0.15) is 18.7 Å². The molecule has 0 unspecified atom stereocenters. The molecular formula is C21H20N2O7S2Si. The number of fused-ring (bicyclic) bond motifs is 2. The van der Waals surface area contributed by atoms with Crippen LogP contribution < -0.4 is 10.9 Å². The molecule has 1 aliphatic heterocycles. The van der Waals surface area contributed by atoms with Gasteiger partial charge in [0.05, 0.1) is 4.90 Å². The Bertz CT molecular complexity index is 1550. The van der Waals surface area contributed by atoms with E-state index in [0.29, 0.717) is 28.1 Å². The van der Waals surface area contributed by atoms with Gasteiger partial charge in [0.2, 0.25) is 0 Å². The number of hydrogen-bond acceptors (Lipinski definition) is 7. The molecule has 2 aromatic rings. The molecule has 172 valence electrons. The maximum atomic E-state index is 12.3. The molecule has 0 atom stereocenters. The minimum atomic E-state index is -4.89. The molecule has 12 heteroatoms. The lowest BCUT2D eigenvalue weighted by Gasteiger charge is -2.38. The van der Waals surface area contributed by atoms with Crippen LogP contribution in [0.2, 0.25) is 13.1 Å². The number of allylic oxidation sites excluding steroid dienone is 5. The summed E-state index contributed by atoms with van der Waals surface area (Å²) in [5.41, 5.74) is 8.71. The van der Waals surface area contributed by atoms with E-state index >= 15 is 0 Å². The van der Waals surface area contributed by atoms with Crippen LogP contribution in [-0.4, -0.2) is 44.9 Å². The van der Waals surface area contributed by atoms with Crippen molar-refractivity contribution >= 4 is 50.5 Å². The highest BCUT2D eigenvalue weighted by atomic mass is 32.2. The van der Waals surface area contributed by atoms with E-state index in [-0.39, 0.29) is 5.56 Å². The van der Waals surface area contributed by atoms with Crippen LogP contribution in [0.15, 0.2) is 80.3 Å². The molecule has 0 amide bonds. The van der Waals surface area contributed by atoms with Crippen LogP contribution in [0.3, 0.4) is 0 Å². The molecule has 1 aliphatic carbocycles. The van der Waals surface area contributed by atoms with E-state index in [4.69, 9.17) is 5.73 Å². The van der Waals surface area contributed by atoms with Gasteiger partial charge < -0.3 is 10.9 Å². The summed E-state index contributed by atoms with van der Waals surface area (Å²) < 4.78 is 67.2. The van der Waals surface area contributed by atoms with Crippen LogP contribution in [0.1, 0.15) is 11.1 Å². The lowest BCUT2D eigenvalue weighted by molar-refractivity contribution is 0.320.